The fourth-order valence-corrected chi connectivity index (χ4v) is 1.65. The molecule has 0 amide bonds. The zero-order valence-electron chi connectivity index (χ0n) is 8.75. The largest absolute Gasteiger partial charge is 0.461 e. The van der Waals surface area contributed by atoms with Crippen LogP contribution in [0.5, 0.6) is 0 Å². The molecule has 1 aliphatic rings. The Bertz CT molecular complexity index is 377. The summed E-state index contributed by atoms with van der Waals surface area (Å²) in [5.41, 5.74) is 2.40. The maximum atomic E-state index is 11.4. The van der Waals surface area contributed by atoms with Crippen LogP contribution in [-0.2, 0) is 11.2 Å². The molecule has 0 spiro atoms. The van der Waals surface area contributed by atoms with Crippen LogP contribution >= 0.6 is 0 Å². The van der Waals surface area contributed by atoms with Crippen molar-refractivity contribution in [2.45, 2.75) is 19.8 Å². The number of carbonyl (C=O) groups excluding carboxylic acids is 1. The highest BCUT2D eigenvalue weighted by Crippen LogP contribution is 2.19. The van der Waals surface area contributed by atoms with Crippen LogP contribution in [0.4, 0.5) is 5.69 Å². The number of pyridine rings is 1. The molecule has 0 saturated carbocycles. The van der Waals surface area contributed by atoms with E-state index >= 15 is 0 Å². The van der Waals surface area contributed by atoms with Gasteiger partial charge in [0, 0.05) is 6.54 Å². The summed E-state index contributed by atoms with van der Waals surface area (Å²) in [4.78, 5) is 15.7. The van der Waals surface area contributed by atoms with Crippen LogP contribution in [0.2, 0.25) is 0 Å². The van der Waals surface area contributed by atoms with Gasteiger partial charge in [0.1, 0.15) is 5.69 Å². The molecule has 0 aliphatic carbocycles. The minimum absolute atomic E-state index is 0.342. The van der Waals surface area contributed by atoms with Gasteiger partial charge in [0.15, 0.2) is 0 Å². The number of esters is 1. The predicted octanol–water partition coefficient (Wildman–Crippen LogP) is 1.62. The molecule has 0 atom stereocenters. The quantitative estimate of drug-likeness (QED) is 0.747. The molecule has 1 aliphatic heterocycles. The van der Waals surface area contributed by atoms with Crippen molar-refractivity contribution in [3.05, 3.63) is 23.5 Å². The Morgan fingerprint density at radius 3 is 3.27 bits per heavy atom. The standard InChI is InChI=1S/C11H14N2O2/c1-2-15-11(14)10-6-5-8-9(13-10)4-3-7-12-8/h5-6,12H,2-4,7H2,1H3. The van der Waals surface area contributed by atoms with Crippen LogP contribution in [0.15, 0.2) is 12.1 Å². The molecule has 2 rings (SSSR count). The Hall–Kier alpha value is -1.58. The second kappa shape index (κ2) is 4.29. The van der Waals surface area contributed by atoms with Gasteiger partial charge in [-0.3, -0.25) is 0 Å². The van der Waals surface area contributed by atoms with E-state index in [4.69, 9.17) is 4.74 Å². The van der Waals surface area contributed by atoms with Gasteiger partial charge >= 0.3 is 5.97 Å². The van der Waals surface area contributed by atoms with E-state index in [0.717, 1.165) is 30.8 Å². The maximum absolute atomic E-state index is 11.4. The maximum Gasteiger partial charge on any atom is 0.356 e. The van der Waals surface area contributed by atoms with Crippen molar-refractivity contribution in [1.82, 2.24) is 4.98 Å². The molecule has 4 nitrogen and oxygen atoms in total. The monoisotopic (exact) mass is 206 g/mol. The van der Waals surface area contributed by atoms with E-state index in [-0.39, 0.29) is 5.97 Å². The number of nitrogens with zero attached hydrogens (tertiary/aromatic N) is 1. The van der Waals surface area contributed by atoms with Gasteiger partial charge in [-0.1, -0.05) is 0 Å². The number of ether oxygens (including phenoxy) is 1. The Morgan fingerprint density at radius 2 is 2.47 bits per heavy atom. The third-order valence-electron chi connectivity index (χ3n) is 2.36. The summed E-state index contributed by atoms with van der Waals surface area (Å²) in [6.07, 6.45) is 1.99. The Kier molecular flexibility index (Phi) is 2.85. The molecule has 2 heterocycles. The number of carbonyl (C=O) groups is 1. The van der Waals surface area contributed by atoms with E-state index in [9.17, 15) is 4.79 Å². The molecule has 0 unspecified atom stereocenters. The lowest BCUT2D eigenvalue weighted by atomic mass is 10.1. The van der Waals surface area contributed by atoms with Crippen LogP contribution in [-0.4, -0.2) is 24.1 Å². The number of aryl methyl sites for hydroxylation is 1. The Labute approximate surface area is 88.7 Å². The minimum atomic E-state index is -0.342. The number of aromatic nitrogens is 1. The molecule has 0 bridgehead atoms. The summed E-state index contributed by atoms with van der Waals surface area (Å²) in [6, 6.07) is 3.60. The normalized spacial score (nSPS) is 13.9. The molecule has 0 radical (unpaired) electrons. The predicted molar refractivity (Wildman–Crippen MR) is 57.0 cm³/mol. The molecule has 4 heteroatoms. The molecule has 0 saturated heterocycles. The number of hydrogen-bond donors (Lipinski definition) is 1. The van der Waals surface area contributed by atoms with Gasteiger partial charge in [-0.05, 0) is 31.9 Å². The third-order valence-corrected chi connectivity index (χ3v) is 2.36. The number of nitrogens with one attached hydrogen (secondary N) is 1. The topological polar surface area (TPSA) is 51.2 Å². The fraction of sp³-hybridized carbons (Fsp3) is 0.455. The first-order valence-electron chi connectivity index (χ1n) is 5.22. The van der Waals surface area contributed by atoms with Gasteiger partial charge in [0.2, 0.25) is 0 Å². The summed E-state index contributed by atoms with van der Waals surface area (Å²) in [6.45, 7) is 3.15. The number of hydrogen-bond acceptors (Lipinski definition) is 4. The molecule has 1 N–H and O–H groups in total. The number of rotatable bonds is 2. The van der Waals surface area contributed by atoms with Crippen LogP contribution < -0.4 is 5.32 Å². The summed E-state index contributed by atoms with van der Waals surface area (Å²) in [5, 5.41) is 3.25. The first-order valence-corrected chi connectivity index (χ1v) is 5.22. The molecule has 0 aromatic carbocycles. The van der Waals surface area contributed by atoms with E-state index in [0.29, 0.717) is 12.3 Å². The molecule has 80 valence electrons. The number of fused-ring (bicyclic) bond motifs is 1. The molecule has 1 aromatic heterocycles. The van der Waals surface area contributed by atoms with Crippen LogP contribution in [0.1, 0.15) is 29.5 Å². The smallest absolute Gasteiger partial charge is 0.356 e. The van der Waals surface area contributed by atoms with Crippen molar-refractivity contribution < 1.29 is 9.53 Å². The SMILES string of the molecule is CCOC(=O)c1ccc2c(n1)CCCN2. The van der Waals surface area contributed by atoms with Crippen molar-refractivity contribution in [3.8, 4) is 0 Å². The Morgan fingerprint density at radius 1 is 1.60 bits per heavy atom. The first kappa shape index (κ1) is 9.96. The van der Waals surface area contributed by atoms with Crippen molar-refractivity contribution in [3.63, 3.8) is 0 Å². The lowest BCUT2D eigenvalue weighted by Crippen LogP contribution is -2.16. The highest BCUT2D eigenvalue weighted by atomic mass is 16.5. The molecule has 1 aromatic rings. The van der Waals surface area contributed by atoms with Crippen LogP contribution in [0.25, 0.3) is 0 Å². The van der Waals surface area contributed by atoms with E-state index in [1.807, 2.05) is 6.07 Å². The molecule has 0 fully saturated rings. The molecular weight excluding hydrogens is 192 g/mol. The van der Waals surface area contributed by atoms with Gasteiger partial charge in [0.25, 0.3) is 0 Å². The second-order valence-electron chi connectivity index (χ2n) is 3.44. The van der Waals surface area contributed by atoms with E-state index in [1.165, 1.54) is 0 Å². The zero-order chi connectivity index (χ0) is 10.7. The van der Waals surface area contributed by atoms with Gasteiger partial charge in [-0.15, -0.1) is 0 Å². The first-order chi connectivity index (χ1) is 7.31. The highest BCUT2D eigenvalue weighted by Gasteiger charge is 2.14. The summed E-state index contributed by atoms with van der Waals surface area (Å²) < 4.78 is 4.90. The van der Waals surface area contributed by atoms with Crippen molar-refractivity contribution in [2.75, 3.05) is 18.5 Å². The average Bonchev–Trinajstić information content (AvgIpc) is 2.29. The molecular formula is C11H14N2O2. The van der Waals surface area contributed by atoms with Crippen molar-refractivity contribution in [1.29, 1.82) is 0 Å². The van der Waals surface area contributed by atoms with Gasteiger partial charge in [-0.2, -0.15) is 0 Å². The van der Waals surface area contributed by atoms with Crippen LogP contribution in [0.3, 0.4) is 0 Å². The van der Waals surface area contributed by atoms with Crippen molar-refractivity contribution >= 4 is 11.7 Å². The van der Waals surface area contributed by atoms with E-state index in [2.05, 4.69) is 10.3 Å². The van der Waals surface area contributed by atoms with Gasteiger partial charge < -0.3 is 10.1 Å². The van der Waals surface area contributed by atoms with E-state index < -0.39 is 0 Å². The van der Waals surface area contributed by atoms with E-state index in [1.54, 1.807) is 13.0 Å². The average molecular weight is 206 g/mol. The summed E-state index contributed by atoms with van der Waals surface area (Å²) >= 11 is 0. The van der Waals surface area contributed by atoms with Crippen molar-refractivity contribution in [2.24, 2.45) is 0 Å². The zero-order valence-corrected chi connectivity index (χ0v) is 8.75. The van der Waals surface area contributed by atoms with Gasteiger partial charge in [0.05, 0.1) is 18.0 Å². The lowest BCUT2D eigenvalue weighted by Gasteiger charge is -2.17. The number of anilines is 1. The second-order valence-corrected chi connectivity index (χ2v) is 3.44. The highest BCUT2D eigenvalue weighted by molar-refractivity contribution is 5.87. The third kappa shape index (κ3) is 2.09. The molecule has 15 heavy (non-hydrogen) atoms. The minimum Gasteiger partial charge on any atom is -0.461 e. The summed E-state index contributed by atoms with van der Waals surface area (Å²) in [5.74, 6) is -0.342. The summed E-state index contributed by atoms with van der Waals surface area (Å²) in [7, 11) is 0. The lowest BCUT2D eigenvalue weighted by molar-refractivity contribution is 0.0519. The fourth-order valence-electron chi connectivity index (χ4n) is 1.65. The Balaban J connectivity index is 2.24. The van der Waals surface area contributed by atoms with Gasteiger partial charge in [-0.25, -0.2) is 9.78 Å². The van der Waals surface area contributed by atoms with Crippen LogP contribution in [0, 0.1) is 0 Å².